The molecule has 0 spiro atoms. The van der Waals surface area contributed by atoms with Crippen LogP contribution in [0.25, 0.3) is 0 Å². The Morgan fingerprint density at radius 1 is 0.971 bits per heavy atom. The Labute approximate surface area is 207 Å². The zero-order chi connectivity index (χ0) is 24.6. The molecule has 2 aliphatic heterocycles. The number of rotatable bonds is 7. The summed E-state index contributed by atoms with van der Waals surface area (Å²) in [5.41, 5.74) is 2.98. The Hall–Kier alpha value is -2.71. The van der Waals surface area contributed by atoms with Crippen molar-refractivity contribution in [1.29, 1.82) is 0 Å². The Morgan fingerprint density at radius 3 is 2.37 bits per heavy atom. The third-order valence-corrected chi connectivity index (χ3v) is 9.57. The third kappa shape index (κ3) is 5.14. The van der Waals surface area contributed by atoms with Gasteiger partial charge in [-0.25, -0.2) is 8.42 Å². The number of carbonyl (C=O) groups is 2. The van der Waals surface area contributed by atoms with Gasteiger partial charge in [0.25, 0.3) is 0 Å². The van der Waals surface area contributed by atoms with Crippen molar-refractivity contribution in [3.05, 3.63) is 59.7 Å². The highest BCUT2D eigenvalue weighted by Crippen LogP contribution is 2.37. The number of carbonyl (C=O) groups excluding carboxylic acids is 2. The second-order valence-corrected chi connectivity index (χ2v) is 12.4. The zero-order valence-electron chi connectivity index (χ0n) is 20.2. The van der Waals surface area contributed by atoms with E-state index in [1.807, 2.05) is 18.2 Å². The van der Waals surface area contributed by atoms with Crippen molar-refractivity contribution < 1.29 is 18.0 Å². The van der Waals surface area contributed by atoms with E-state index in [1.165, 1.54) is 5.56 Å². The second-order valence-electron chi connectivity index (χ2n) is 10.0. The number of anilines is 1. The van der Waals surface area contributed by atoms with Gasteiger partial charge in [-0.15, -0.1) is 0 Å². The molecule has 7 nitrogen and oxygen atoms in total. The lowest BCUT2D eigenvalue weighted by atomic mass is 10.2. The molecule has 2 fully saturated rings. The van der Waals surface area contributed by atoms with Crippen LogP contribution in [0.2, 0.25) is 0 Å². The smallest absolute Gasteiger partial charge is 0.230 e. The van der Waals surface area contributed by atoms with E-state index in [2.05, 4.69) is 17.0 Å². The van der Waals surface area contributed by atoms with Crippen molar-refractivity contribution in [2.45, 2.75) is 49.3 Å². The fourth-order valence-electron chi connectivity index (χ4n) is 5.05. The lowest BCUT2D eigenvalue weighted by Gasteiger charge is -2.35. The molecular weight excluding hydrogens is 462 g/mol. The molecule has 5 rings (SSSR count). The molecule has 1 saturated heterocycles. The second kappa shape index (κ2) is 9.74. The summed E-state index contributed by atoms with van der Waals surface area (Å²) in [7, 11) is -3.65. The number of hydrogen-bond donors (Lipinski definition) is 0. The Kier molecular flexibility index (Phi) is 6.68. The molecule has 0 unspecified atom stereocenters. The Balaban J connectivity index is 1.18. The predicted octanol–water partition coefficient (Wildman–Crippen LogP) is 2.88. The van der Waals surface area contributed by atoms with E-state index >= 15 is 0 Å². The zero-order valence-corrected chi connectivity index (χ0v) is 21.0. The quantitative estimate of drug-likeness (QED) is 0.590. The Bertz CT molecular complexity index is 1200. The molecule has 0 bridgehead atoms. The summed E-state index contributed by atoms with van der Waals surface area (Å²) >= 11 is 0. The molecular formula is C27H33N3O4S. The first-order chi connectivity index (χ1) is 16.8. The van der Waals surface area contributed by atoms with Crippen LogP contribution >= 0.6 is 0 Å². The maximum absolute atomic E-state index is 13.3. The van der Waals surface area contributed by atoms with Gasteiger partial charge < -0.3 is 9.80 Å². The van der Waals surface area contributed by atoms with Crippen molar-refractivity contribution in [1.82, 2.24) is 9.80 Å². The first-order valence-electron chi connectivity index (χ1n) is 12.5. The minimum atomic E-state index is -3.65. The number of amides is 2. The molecule has 8 heteroatoms. The Morgan fingerprint density at radius 2 is 1.69 bits per heavy atom. The standard InChI is InChI=1S/C27H33N3O4S/c1-20(17-26(31)29-15-13-28(14-16-29)19-21-5-3-2-4-6-21)35(33,34)24-9-10-25-23(18-24)11-12-30(25)27(32)22-7-8-22/h2-6,9-10,18,20,22H,7-8,11-17,19H2,1H3/t20-/m1/s1. The van der Waals surface area contributed by atoms with Crippen molar-refractivity contribution in [2.75, 3.05) is 37.6 Å². The third-order valence-electron chi connectivity index (χ3n) is 7.43. The van der Waals surface area contributed by atoms with Gasteiger partial charge in [-0.1, -0.05) is 30.3 Å². The number of piperazine rings is 1. The van der Waals surface area contributed by atoms with E-state index in [0.717, 1.165) is 43.7 Å². The summed E-state index contributed by atoms with van der Waals surface area (Å²) in [4.78, 5) is 31.6. The van der Waals surface area contributed by atoms with Gasteiger partial charge in [-0.2, -0.15) is 0 Å². The van der Waals surface area contributed by atoms with Crippen LogP contribution in [0.4, 0.5) is 5.69 Å². The number of hydrogen-bond acceptors (Lipinski definition) is 5. The summed E-state index contributed by atoms with van der Waals surface area (Å²) in [6, 6.07) is 15.3. The van der Waals surface area contributed by atoms with Gasteiger partial charge in [0, 0.05) is 57.3 Å². The van der Waals surface area contributed by atoms with Gasteiger partial charge in [0.1, 0.15) is 0 Å². The number of fused-ring (bicyclic) bond motifs is 1. The van der Waals surface area contributed by atoms with Crippen LogP contribution in [-0.4, -0.2) is 68.0 Å². The van der Waals surface area contributed by atoms with E-state index in [-0.39, 0.29) is 29.0 Å². The molecule has 0 N–H and O–H groups in total. The summed E-state index contributed by atoms with van der Waals surface area (Å²) in [5, 5.41) is -0.805. The van der Waals surface area contributed by atoms with E-state index in [1.54, 1.807) is 34.9 Å². The first kappa shape index (κ1) is 24.0. The molecule has 35 heavy (non-hydrogen) atoms. The molecule has 186 valence electrons. The topological polar surface area (TPSA) is 78.0 Å². The summed E-state index contributed by atoms with van der Waals surface area (Å²) in [6.45, 7) is 5.87. The van der Waals surface area contributed by atoms with E-state index in [9.17, 15) is 18.0 Å². The van der Waals surface area contributed by atoms with Gasteiger partial charge in [-0.3, -0.25) is 14.5 Å². The molecule has 1 aliphatic carbocycles. The van der Waals surface area contributed by atoms with Crippen molar-refractivity contribution in [3.8, 4) is 0 Å². The van der Waals surface area contributed by atoms with Crippen LogP contribution < -0.4 is 4.90 Å². The van der Waals surface area contributed by atoms with Crippen LogP contribution in [0.15, 0.2) is 53.4 Å². The van der Waals surface area contributed by atoms with Crippen molar-refractivity contribution in [2.24, 2.45) is 5.92 Å². The normalized spacial score (nSPS) is 19.5. The van der Waals surface area contributed by atoms with Crippen LogP contribution in [0.5, 0.6) is 0 Å². The van der Waals surface area contributed by atoms with E-state index in [0.29, 0.717) is 26.1 Å². The average Bonchev–Trinajstić information content (AvgIpc) is 3.63. The number of sulfone groups is 1. The van der Waals surface area contributed by atoms with Crippen molar-refractivity contribution >= 4 is 27.3 Å². The molecule has 1 atom stereocenters. The van der Waals surface area contributed by atoms with Gasteiger partial charge in [0.15, 0.2) is 9.84 Å². The number of benzene rings is 2. The highest BCUT2D eigenvalue weighted by Gasteiger charge is 2.37. The summed E-state index contributed by atoms with van der Waals surface area (Å²) in [6.07, 6.45) is 2.54. The maximum atomic E-state index is 13.3. The highest BCUT2D eigenvalue weighted by molar-refractivity contribution is 7.92. The highest BCUT2D eigenvalue weighted by atomic mass is 32.2. The van der Waals surface area contributed by atoms with E-state index in [4.69, 9.17) is 0 Å². The largest absolute Gasteiger partial charge is 0.340 e. The molecule has 3 aliphatic rings. The maximum Gasteiger partial charge on any atom is 0.230 e. The minimum absolute atomic E-state index is 0.0234. The monoisotopic (exact) mass is 495 g/mol. The van der Waals surface area contributed by atoms with Crippen LogP contribution in [0, 0.1) is 5.92 Å². The summed E-state index contributed by atoms with van der Waals surface area (Å²) < 4.78 is 26.6. The SMILES string of the molecule is C[C@H](CC(=O)N1CCN(Cc2ccccc2)CC1)S(=O)(=O)c1ccc2c(c1)CCN2C(=O)C1CC1. The number of nitrogens with zero attached hydrogens (tertiary/aromatic N) is 3. The minimum Gasteiger partial charge on any atom is -0.340 e. The van der Waals surface area contributed by atoms with Crippen LogP contribution in [0.3, 0.4) is 0 Å². The van der Waals surface area contributed by atoms with Crippen molar-refractivity contribution in [3.63, 3.8) is 0 Å². The summed E-state index contributed by atoms with van der Waals surface area (Å²) in [5.74, 6) is 0.181. The van der Waals surface area contributed by atoms with E-state index < -0.39 is 15.1 Å². The van der Waals surface area contributed by atoms with Gasteiger partial charge in [0.05, 0.1) is 10.1 Å². The predicted molar refractivity (Wildman–Crippen MR) is 135 cm³/mol. The lowest BCUT2D eigenvalue weighted by Crippen LogP contribution is -2.49. The fourth-order valence-corrected chi connectivity index (χ4v) is 6.44. The van der Waals surface area contributed by atoms with Crippen LogP contribution in [-0.2, 0) is 32.4 Å². The molecule has 2 aromatic carbocycles. The molecule has 2 aromatic rings. The molecule has 2 heterocycles. The molecule has 0 radical (unpaired) electrons. The fraction of sp³-hybridized carbons (Fsp3) is 0.481. The van der Waals surface area contributed by atoms with Gasteiger partial charge in [-0.05, 0) is 55.5 Å². The van der Waals surface area contributed by atoms with Gasteiger partial charge >= 0.3 is 0 Å². The van der Waals surface area contributed by atoms with Gasteiger partial charge in [0.2, 0.25) is 11.8 Å². The molecule has 0 aromatic heterocycles. The molecule has 2 amide bonds. The lowest BCUT2D eigenvalue weighted by molar-refractivity contribution is -0.133. The average molecular weight is 496 g/mol. The first-order valence-corrected chi connectivity index (χ1v) is 14.1. The van der Waals surface area contributed by atoms with Crippen LogP contribution in [0.1, 0.15) is 37.3 Å². The molecule has 1 saturated carbocycles.